The minimum absolute atomic E-state index is 0.152. The smallest absolute Gasteiger partial charge is 0.313 e. The van der Waals surface area contributed by atoms with E-state index in [9.17, 15) is 19.8 Å². The highest BCUT2D eigenvalue weighted by Crippen LogP contribution is 2.65. The van der Waals surface area contributed by atoms with Crippen LogP contribution in [-0.2, 0) is 14.3 Å². The number of carbonyl (C=O) groups is 2. The largest absolute Gasteiger partial charge is 0.481 e. The number of carboxylic acid groups (broad SMARTS) is 1. The maximum Gasteiger partial charge on any atom is 0.313 e. The fraction of sp³-hybridized carbons (Fsp3) is 0.760. The number of aliphatic hydroxyl groups is 1. The highest BCUT2D eigenvalue weighted by Gasteiger charge is 2.66. The number of aliphatic hydroxyl groups excluding tert-OH is 1. The molecule has 168 valence electrons. The van der Waals surface area contributed by atoms with E-state index in [4.69, 9.17) is 4.74 Å². The van der Waals surface area contributed by atoms with E-state index < -0.39 is 29.5 Å². The standard InChI is InChI=1S/C25H38O5/c1-7-16-8-9-18-17(15(16)4)13-19(26)22-24(18,5)11-10-20(25(22,6)23(28)29)30-21(27)12-14(2)3/h7,14,17-20,22,26H,1,8-13H2,2-6H3,(H,28,29)/t17-,18-,19+,20+,22+,24+,25+/m0/s1. The number of aliphatic carboxylic acids is 1. The normalized spacial score (nSPS) is 41.1. The number of esters is 1. The van der Waals surface area contributed by atoms with Crippen LogP contribution in [0.5, 0.6) is 0 Å². The van der Waals surface area contributed by atoms with Gasteiger partial charge in [0.2, 0.25) is 0 Å². The third-order valence-electron chi connectivity index (χ3n) is 8.53. The SMILES string of the molecule is C=CC1=C(C)[C@@H]2C[C@@H](O)[C@@H]3[C@](C)(CC[C@@H](OC(=O)CC(C)C)[C@@]3(C)C(=O)O)[C@H]2CC1. The van der Waals surface area contributed by atoms with Crippen LogP contribution in [0.1, 0.15) is 73.1 Å². The number of hydrogen-bond acceptors (Lipinski definition) is 4. The van der Waals surface area contributed by atoms with Crippen molar-refractivity contribution < 1.29 is 24.5 Å². The van der Waals surface area contributed by atoms with Gasteiger partial charge in [-0.15, -0.1) is 0 Å². The molecule has 0 amide bonds. The molecule has 5 heteroatoms. The number of fused-ring (bicyclic) bond motifs is 3. The Morgan fingerprint density at radius 3 is 2.53 bits per heavy atom. The first-order chi connectivity index (χ1) is 14.0. The minimum Gasteiger partial charge on any atom is -0.481 e. The highest BCUT2D eigenvalue weighted by atomic mass is 16.5. The van der Waals surface area contributed by atoms with Crippen LogP contribution in [0.4, 0.5) is 0 Å². The zero-order valence-electron chi connectivity index (χ0n) is 19.1. The summed E-state index contributed by atoms with van der Waals surface area (Å²) < 4.78 is 5.76. The molecule has 0 aromatic carbocycles. The summed E-state index contributed by atoms with van der Waals surface area (Å²) in [6, 6.07) is 0. The first kappa shape index (κ1) is 23.1. The molecule has 0 unspecified atom stereocenters. The molecule has 0 spiro atoms. The predicted octanol–water partition coefficient (Wildman–Crippen LogP) is 4.74. The van der Waals surface area contributed by atoms with Gasteiger partial charge in [-0.05, 0) is 74.7 Å². The molecule has 5 nitrogen and oxygen atoms in total. The molecule has 7 atom stereocenters. The maximum atomic E-state index is 12.6. The fourth-order valence-electron chi connectivity index (χ4n) is 7.07. The van der Waals surface area contributed by atoms with E-state index in [-0.39, 0.29) is 29.6 Å². The van der Waals surface area contributed by atoms with Crippen molar-refractivity contribution >= 4 is 11.9 Å². The number of carboxylic acids is 1. The van der Waals surface area contributed by atoms with Crippen LogP contribution in [0.2, 0.25) is 0 Å². The van der Waals surface area contributed by atoms with Crippen LogP contribution in [0.25, 0.3) is 0 Å². The van der Waals surface area contributed by atoms with E-state index in [1.165, 1.54) is 11.1 Å². The van der Waals surface area contributed by atoms with Gasteiger partial charge in [0.1, 0.15) is 11.5 Å². The van der Waals surface area contributed by atoms with E-state index in [2.05, 4.69) is 20.4 Å². The van der Waals surface area contributed by atoms with Crippen LogP contribution in [0, 0.1) is 34.5 Å². The molecule has 3 aliphatic carbocycles. The summed E-state index contributed by atoms with van der Waals surface area (Å²) in [5.74, 6) is -1.05. The molecule has 2 saturated carbocycles. The van der Waals surface area contributed by atoms with Gasteiger partial charge in [-0.3, -0.25) is 9.59 Å². The second-order valence-electron chi connectivity index (χ2n) is 10.7. The lowest BCUT2D eigenvalue weighted by Crippen LogP contribution is -2.65. The molecule has 0 heterocycles. The Hall–Kier alpha value is -1.62. The molecule has 3 rings (SSSR count). The quantitative estimate of drug-likeness (QED) is 0.630. The van der Waals surface area contributed by atoms with Crippen LogP contribution in [0.15, 0.2) is 23.8 Å². The summed E-state index contributed by atoms with van der Waals surface area (Å²) in [7, 11) is 0. The third kappa shape index (κ3) is 3.53. The van der Waals surface area contributed by atoms with E-state index >= 15 is 0 Å². The Bertz CT molecular complexity index is 753. The topological polar surface area (TPSA) is 83.8 Å². The van der Waals surface area contributed by atoms with E-state index in [1.54, 1.807) is 6.92 Å². The third-order valence-corrected chi connectivity index (χ3v) is 8.53. The number of rotatable bonds is 5. The van der Waals surface area contributed by atoms with Gasteiger partial charge in [0.25, 0.3) is 0 Å². The summed E-state index contributed by atoms with van der Waals surface area (Å²) >= 11 is 0. The van der Waals surface area contributed by atoms with Gasteiger partial charge in [0, 0.05) is 12.3 Å². The molecule has 2 fully saturated rings. The Morgan fingerprint density at radius 1 is 1.30 bits per heavy atom. The maximum absolute atomic E-state index is 12.6. The molecule has 0 radical (unpaired) electrons. The van der Waals surface area contributed by atoms with Gasteiger partial charge in [-0.1, -0.05) is 39.0 Å². The zero-order valence-corrected chi connectivity index (χ0v) is 19.1. The predicted molar refractivity (Wildman–Crippen MR) is 116 cm³/mol. The Kier molecular flexibility index (Phi) is 6.26. The molecular weight excluding hydrogens is 380 g/mol. The van der Waals surface area contributed by atoms with Crippen LogP contribution < -0.4 is 0 Å². The van der Waals surface area contributed by atoms with Crippen molar-refractivity contribution in [2.75, 3.05) is 0 Å². The molecule has 0 aromatic rings. The summed E-state index contributed by atoms with van der Waals surface area (Å²) in [5.41, 5.74) is 0.940. The lowest BCUT2D eigenvalue weighted by molar-refractivity contribution is -0.222. The van der Waals surface area contributed by atoms with Crippen molar-refractivity contribution in [2.24, 2.45) is 34.5 Å². The minimum atomic E-state index is -1.31. The average Bonchev–Trinajstić information content (AvgIpc) is 2.64. The second kappa shape index (κ2) is 8.14. The van der Waals surface area contributed by atoms with E-state index in [1.807, 2.05) is 19.9 Å². The monoisotopic (exact) mass is 418 g/mol. The molecule has 30 heavy (non-hydrogen) atoms. The molecule has 0 aliphatic heterocycles. The van der Waals surface area contributed by atoms with Gasteiger partial charge in [-0.25, -0.2) is 0 Å². The van der Waals surface area contributed by atoms with Crippen molar-refractivity contribution in [1.82, 2.24) is 0 Å². The lowest BCUT2D eigenvalue weighted by Gasteiger charge is -2.63. The first-order valence-electron chi connectivity index (χ1n) is 11.4. The molecular formula is C25H38O5. The molecule has 0 aromatic heterocycles. The van der Waals surface area contributed by atoms with Gasteiger partial charge in [0.05, 0.1) is 6.10 Å². The van der Waals surface area contributed by atoms with Gasteiger partial charge < -0.3 is 14.9 Å². The first-order valence-corrected chi connectivity index (χ1v) is 11.4. The zero-order chi connectivity index (χ0) is 22.4. The van der Waals surface area contributed by atoms with Crippen LogP contribution in [0.3, 0.4) is 0 Å². The number of ether oxygens (including phenoxy) is 1. The van der Waals surface area contributed by atoms with Crippen molar-refractivity contribution in [3.05, 3.63) is 23.8 Å². The van der Waals surface area contributed by atoms with Crippen LogP contribution in [-0.4, -0.2) is 34.4 Å². The number of carbonyl (C=O) groups excluding carboxylic acids is 1. The molecule has 0 bridgehead atoms. The summed E-state index contributed by atoms with van der Waals surface area (Å²) in [5, 5.41) is 21.7. The molecule has 2 N–H and O–H groups in total. The van der Waals surface area contributed by atoms with Crippen molar-refractivity contribution in [3.8, 4) is 0 Å². The second-order valence-corrected chi connectivity index (χ2v) is 10.7. The van der Waals surface area contributed by atoms with Gasteiger partial charge in [-0.2, -0.15) is 0 Å². The fourth-order valence-corrected chi connectivity index (χ4v) is 7.07. The van der Waals surface area contributed by atoms with Crippen LogP contribution >= 0.6 is 0 Å². The lowest BCUT2D eigenvalue weighted by atomic mass is 9.42. The summed E-state index contributed by atoms with van der Waals surface area (Å²) in [6.07, 6.45) is 4.51. The van der Waals surface area contributed by atoms with Gasteiger partial charge in [0.15, 0.2) is 0 Å². The van der Waals surface area contributed by atoms with Gasteiger partial charge >= 0.3 is 11.9 Å². The van der Waals surface area contributed by atoms with Crippen molar-refractivity contribution in [2.45, 2.75) is 85.4 Å². The molecule has 3 aliphatic rings. The van der Waals surface area contributed by atoms with Crippen molar-refractivity contribution in [1.29, 1.82) is 0 Å². The highest BCUT2D eigenvalue weighted by molar-refractivity contribution is 5.77. The Balaban J connectivity index is 1.98. The summed E-state index contributed by atoms with van der Waals surface area (Å²) in [6.45, 7) is 13.8. The van der Waals surface area contributed by atoms with E-state index in [0.717, 1.165) is 19.3 Å². The number of hydrogen-bond donors (Lipinski definition) is 2. The Morgan fingerprint density at radius 2 is 1.97 bits per heavy atom. The Labute approximate surface area is 180 Å². The summed E-state index contributed by atoms with van der Waals surface area (Å²) in [4.78, 5) is 25.0. The number of allylic oxidation sites excluding steroid dienone is 3. The van der Waals surface area contributed by atoms with E-state index in [0.29, 0.717) is 18.8 Å². The average molecular weight is 419 g/mol. The van der Waals surface area contributed by atoms with Crippen molar-refractivity contribution in [3.63, 3.8) is 0 Å². The molecule has 0 saturated heterocycles.